The Bertz CT molecular complexity index is 1060. The van der Waals surface area contributed by atoms with Crippen molar-refractivity contribution in [2.24, 2.45) is 0 Å². The Morgan fingerprint density at radius 1 is 0.706 bits per heavy atom. The molecule has 0 bridgehead atoms. The number of ether oxygens (including phenoxy) is 4. The van der Waals surface area contributed by atoms with Gasteiger partial charge in [0, 0.05) is 6.42 Å². The Morgan fingerprint density at radius 3 is 1.71 bits per heavy atom. The van der Waals surface area contributed by atoms with Crippen molar-refractivity contribution in [2.75, 3.05) is 19.8 Å². The molecule has 3 aromatic rings. The van der Waals surface area contributed by atoms with E-state index in [2.05, 4.69) is 6.58 Å². The Hall–Kier alpha value is -4.06. The quantitative estimate of drug-likeness (QED) is 0.463. The lowest BCUT2D eigenvalue weighted by molar-refractivity contribution is -0.0152. The van der Waals surface area contributed by atoms with Gasteiger partial charge in [-0.2, -0.15) is 0 Å². The van der Waals surface area contributed by atoms with Crippen molar-refractivity contribution < 1.29 is 28.5 Å². The molecule has 174 valence electrons. The molecule has 6 heteroatoms. The van der Waals surface area contributed by atoms with Gasteiger partial charge in [0.15, 0.2) is 0 Å². The van der Waals surface area contributed by atoms with Crippen LogP contribution in [0.25, 0.3) is 5.57 Å². The first kappa shape index (κ1) is 23.1. The normalized spacial score (nSPS) is 18.6. The fourth-order valence-corrected chi connectivity index (χ4v) is 4.00. The van der Waals surface area contributed by atoms with Crippen molar-refractivity contribution in [3.05, 3.63) is 114 Å². The summed E-state index contributed by atoms with van der Waals surface area (Å²) < 4.78 is 20.0. The van der Waals surface area contributed by atoms with Gasteiger partial charge < -0.3 is 18.9 Å². The number of hydrogen-bond acceptors (Lipinski definition) is 6. The number of cyclic esters (lactones) is 4. The molecule has 1 unspecified atom stereocenters. The topological polar surface area (TPSA) is 71.1 Å². The van der Waals surface area contributed by atoms with Crippen LogP contribution in [0.5, 0.6) is 0 Å². The second-order valence-corrected chi connectivity index (χ2v) is 8.03. The van der Waals surface area contributed by atoms with Crippen LogP contribution in [0.4, 0.5) is 9.59 Å². The van der Waals surface area contributed by atoms with Gasteiger partial charge in [0.1, 0.15) is 19.3 Å². The lowest BCUT2D eigenvalue weighted by Crippen LogP contribution is -2.44. The number of hydrogen-bond donors (Lipinski definition) is 0. The number of carbonyl (C=O) groups excluding carboxylic acids is 2. The van der Waals surface area contributed by atoms with E-state index in [1.165, 1.54) is 0 Å². The van der Waals surface area contributed by atoms with Gasteiger partial charge in [-0.3, -0.25) is 0 Å². The summed E-state index contributed by atoms with van der Waals surface area (Å²) >= 11 is 0. The minimum atomic E-state index is -0.608. The molecule has 34 heavy (non-hydrogen) atoms. The zero-order valence-electron chi connectivity index (χ0n) is 18.7. The molecular formula is C28H26O6. The van der Waals surface area contributed by atoms with Gasteiger partial charge in [-0.1, -0.05) is 97.6 Å². The second-order valence-electron chi connectivity index (χ2n) is 8.03. The van der Waals surface area contributed by atoms with E-state index in [4.69, 9.17) is 18.9 Å². The minimum absolute atomic E-state index is 0.256. The van der Waals surface area contributed by atoms with Gasteiger partial charge in [-0.05, 0) is 22.3 Å². The number of carbonyl (C=O) groups is 2. The Labute approximate surface area is 198 Å². The van der Waals surface area contributed by atoms with Crippen LogP contribution < -0.4 is 0 Å². The summed E-state index contributed by atoms with van der Waals surface area (Å²) in [6.07, 6.45) is -0.793. The van der Waals surface area contributed by atoms with Gasteiger partial charge in [0.25, 0.3) is 0 Å². The molecule has 2 fully saturated rings. The molecule has 0 spiro atoms. The predicted molar refractivity (Wildman–Crippen MR) is 127 cm³/mol. The molecule has 2 heterocycles. The van der Waals surface area contributed by atoms with Crippen LogP contribution in [0.1, 0.15) is 23.1 Å². The third-order valence-electron chi connectivity index (χ3n) is 5.90. The van der Waals surface area contributed by atoms with Crippen molar-refractivity contribution in [3.8, 4) is 0 Å². The Morgan fingerprint density at radius 2 is 1.21 bits per heavy atom. The number of rotatable bonds is 4. The van der Waals surface area contributed by atoms with E-state index in [-0.39, 0.29) is 6.10 Å². The van der Waals surface area contributed by atoms with Gasteiger partial charge >= 0.3 is 12.3 Å². The van der Waals surface area contributed by atoms with E-state index < -0.39 is 17.7 Å². The standard InChI is InChI=1S/C16H14O3.C12H12O3/c17-15-18-11-16(12-19-15,13-7-3-1-4-8-13)14-9-5-2-6-10-14;1-9(10-5-3-2-4-6-10)11-7-8-14-12(13)15-11/h1-10H,11-12H2;2-6,11H,1,7-8H2. The molecule has 1 atom stereocenters. The predicted octanol–water partition coefficient (Wildman–Crippen LogP) is 5.76. The van der Waals surface area contributed by atoms with Crippen LogP contribution in [0, 0.1) is 0 Å². The zero-order valence-corrected chi connectivity index (χ0v) is 18.7. The smallest absolute Gasteiger partial charge is 0.434 e. The fourth-order valence-electron chi connectivity index (χ4n) is 4.00. The van der Waals surface area contributed by atoms with Crippen LogP contribution in [0.2, 0.25) is 0 Å². The summed E-state index contributed by atoms with van der Waals surface area (Å²) in [6, 6.07) is 29.7. The molecule has 2 aliphatic rings. The van der Waals surface area contributed by atoms with Crippen LogP contribution in [0.15, 0.2) is 97.6 Å². The third kappa shape index (κ3) is 5.29. The van der Waals surface area contributed by atoms with E-state index >= 15 is 0 Å². The van der Waals surface area contributed by atoms with E-state index in [0.717, 1.165) is 22.3 Å². The maximum atomic E-state index is 11.2. The highest BCUT2D eigenvalue weighted by molar-refractivity contribution is 5.71. The highest BCUT2D eigenvalue weighted by Crippen LogP contribution is 2.35. The lowest BCUT2D eigenvalue weighted by Gasteiger charge is -2.36. The average Bonchev–Trinajstić information content (AvgIpc) is 2.91. The summed E-state index contributed by atoms with van der Waals surface area (Å²) in [7, 11) is 0. The molecule has 2 aliphatic heterocycles. The summed E-state index contributed by atoms with van der Waals surface area (Å²) in [5.41, 5.74) is 3.59. The van der Waals surface area contributed by atoms with Crippen molar-refractivity contribution in [2.45, 2.75) is 17.9 Å². The van der Waals surface area contributed by atoms with Gasteiger partial charge in [-0.25, -0.2) is 9.59 Å². The first-order chi connectivity index (χ1) is 16.6. The maximum Gasteiger partial charge on any atom is 0.508 e. The largest absolute Gasteiger partial charge is 0.508 e. The van der Waals surface area contributed by atoms with Crippen molar-refractivity contribution >= 4 is 17.9 Å². The minimum Gasteiger partial charge on any atom is -0.434 e. The van der Waals surface area contributed by atoms with Crippen molar-refractivity contribution in [1.29, 1.82) is 0 Å². The molecular weight excluding hydrogens is 432 g/mol. The summed E-state index contributed by atoms with van der Waals surface area (Å²) in [6.45, 7) is 4.96. The third-order valence-corrected chi connectivity index (χ3v) is 5.90. The maximum absolute atomic E-state index is 11.2. The van der Waals surface area contributed by atoms with Gasteiger partial charge in [0.05, 0.1) is 12.0 Å². The monoisotopic (exact) mass is 458 g/mol. The van der Waals surface area contributed by atoms with Crippen LogP contribution in [-0.2, 0) is 24.4 Å². The number of benzene rings is 3. The Kier molecular flexibility index (Phi) is 7.28. The highest BCUT2D eigenvalue weighted by atomic mass is 16.7. The van der Waals surface area contributed by atoms with Gasteiger partial charge in [0.2, 0.25) is 0 Å². The molecule has 0 saturated carbocycles. The molecule has 0 aromatic heterocycles. The van der Waals surface area contributed by atoms with E-state index in [0.29, 0.717) is 26.2 Å². The van der Waals surface area contributed by atoms with Crippen LogP contribution >= 0.6 is 0 Å². The molecule has 0 amide bonds. The summed E-state index contributed by atoms with van der Waals surface area (Å²) in [4.78, 5) is 22.1. The lowest BCUT2D eigenvalue weighted by atomic mass is 9.75. The van der Waals surface area contributed by atoms with Crippen LogP contribution in [0.3, 0.4) is 0 Å². The fraction of sp³-hybridized carbons (Fsp3) is 0.214. The van der Waals surface area contributed by atoms with Gasteiger partial charge in [-0.15, -0.1) is 0 Å². The van der Waals surface area contributed by atoms with Crippen molar-refractivity contribution in [3.63, 3.8) is 0 Å². The van der Waals surface area contributed by atoms with E-state index in [1.807, 2.05) is 91.0 Å². The molecule has 5 rings (SSSR count). The summed E-state index contributed by atoms with van der Waals surface area (Å²) in [5.74, 6) is 0. The molecule has 0 radical (unpaired) electrons. The average molecular weight is 459 g/mol. The molecule has 0 aliphatic carbocycles. The van der Waals surface area contributed by atoms with Crippen LogP contribution in [-0.4, -0.2) is 38.2 Å². The first-order valence-electron chi connectivity index (χ1n) is 11.1. The molecule has 2 saturated heterocycles. The summed E-state index contributed by atoms with van der Waals surface area (Å²) in [5, 5.41) is 0. The molecule has 3 aromatic carbocycles. The van der Waals surface area contributed by atoms with E-state index in [9.17, 15) is 9.59 Å². The zero-order chi connectivity index (χ0) is 23.8. The second kappa shape index (κ2) is 10.7. The highest BCUT2D eigenvalue weighted by Gasteiger charge is 2.41. The SMILES string of the molecule is C=C(c1ccccc1)C1CCOC(=O)O1.O=C1OCC(c2ccccc2)(c2ccccc2)CO1. The molecule has 6 nitrogen and oxygen atoms in total. The Balaban J connectivity index is 0.000000166. The first-order valence-corrected chi connectivity index (χ1v) is 11.1. The van der Waals surface area contributed by atoms with E-state index in [1.54, 1.807) is 0 Å². The van der Waals surface area contributed by atoms with Crippen molar-refractivity contribution in [1.82, 2.24) is 0 Å². The molecule has 0 N–H and O–H groups in total.